The van der Waals surface area contributed by atoms with Gasteiger partial charge in [-0.2, -0.15) is 0 Å². The number of alkyl halides is 1. The van der Waals surface area contributed by atoms with Crippen LogP contribution in [0.4, 0.5) is 4.39 Å². The van der Waals surface area contributed by atoms with E-state index in [9.17, 15) is 4.39 Å². The van der Waals surface area contributed by atoms with Crippen molar-refractivity contribution in [1.82, 2.24) is 0 Å². The highest BCUT2D eigenvalue weighted by Crippen LogP contribution is 2.30. The van der Waals surface area contributed by atoms with Crippen molar-refractivity contribution in [1.29, 1.82) is 0 Å². The Morgan fingerprint density at radius 2 is 2.05 bits per heavy atom. The zero-order valence-corrected chi connectivity index (χ0v) is 12.5. The molecule has 0 bridgehead atoms. The molecule has 1 aliphatic carbocycles. The topological polar surface area (TPSA) is 9.23 Å². The zero-order chi connectivity index (χ0) is 14.4. The summed E-state index contributed by atoms with van der Waals surface area (Å²) in [7, 11) is 0. The molecule has 0 spiro atoms. The molecule has 1 aliphatic rings. The van der Waals surface area contributed by atoms with Crippen LogP contribution in [0.15, 0.2) is 18.2 Å². The predicted octanol–water partition coefficient (Wildman–Crippen LogP) is 4.76. The van der Waals surface area contributed by atoms with Crippen LogP contribution in [0.1, 0.15) is 44.6 Å². The van der Waals surface area contributed by atoms with Gasteiger partial charge < -0.3 is 4.74 Å². The van der Waals surface area contributed by atoms with E-state index >= 15 is 0 Å². The largest absolute Gasteiger partial charge is 0.489 e. The molecule has 0 heterocycles. The minimum Gasteiger partial charge on any atom is -0.489 e. The minimum absolute atomic E-state index is 0.177. The Morgan fingerprint density at radius 3 is 2.70 bits per heavy atom. The van der Waals surface area contributed by atoms with Crippen LogP contribution < -0.4 is 4.74 Å². The van der Waals surface area contributed by atoms with Crippen molar-refractivity contribution in [3.63, 3.8) is 0 Å². The number of hydrogen-bond donors (Lipinski definition) is 0. The highest BCUT2D eigenvalue weighted by molar-refractivity contribution is 6.19. The monoisotopic (exact) mass is 294 g/mol. The van der Waals surface area contributed by atoms with Gasteiger partial charge in [-0.1, -0.05) is 25.2 Å². The smallest absolute Gasteiger partial charge is 0.138 e. The van der Waals surface area contributed by atoms with Crippen molar-refractivity contribution >= 4 is 11.6 Å². The summed E-state index contributed by atoms with van der Waals surface area (Å²) in [6.45, 7) is 2.23. The number of halogens is 2. The SMILES string of the molecule is CCC1CCC(Oc2cc(F)ccc2C#CCCl)CC1. The Morgan fingerprint density at radius 1 is 1.30 bits per heavy atom. The lowest BCUT2D eigenvalue weighted by molar-refractivity contribution is 0.129. The van der Waals surface area contributed by atoms with Crippen LogP contribution >= 0.6 is 11.6 Å². The van der Waals surface area contributed by atoms with E-state index < -0.39 is 0 Å². The van der Waals surface area contributed by atoms with Crippen LogP contribution in [0, 0.1) is 23.6 Å². The molecular weight excluding hydrogens is 275 g/mol. The Balaban J connectivity index is 2.06. The van der Waals surface area contributed by atoms with Gasteiger partial charge in [-0.3, -0.25) is 0 Å². The van der Waals surface area contributed by atoms with Crippen molar-refractivity contribution in [2.75, 3.05) is 5.88 Å². The molecule has 1 nitrogen and oxygen atoms in total. The van der Waals surface area contributed by atoms with Gasteiger partial charge in [-0.15, -0.1) is 11.6 Å². The van der Waals surface area contributed by atoms with Gasteiger partial charge in [0.05, 0.1) is 17.5 Å². The lowest BCUT2D eigenvalue weighted by Gasteiger charge is -2.28. The fraction of sp³-hybridized carbons (Fsp3) is 0.529. The Labute approximate surface area is 125 Å². The molecule has 108 valence electrons. The standard InChI is InChI=1S/C17H20ClFO/c1-2-13-5-9-16(10-6-13)20-17-12-15(19)8-7-14(17)4-3-11-18/h7-8,12-13,16H,2,5-6,9-11H2,1H3. The van der Waals surface area contributed by atoms with Gasteiger partial charge in [0.25, 0.3) is 0 Å². The number of ether oxygens (including phenoxy) is 1. The maximum Gasteiger partial charge on any atom is 0.138 e. The molecule has 3 heteroatoms. The van der Waals surface area contributed by atoms with Crippen molar-refractivity contribution in [3.8, 4) is 17.6 Å². The lowest BCUT2D eigenvalue weighted by Crippen LogP contribution is -2.24. The molecule has 0 N–H and O–H groups in total. The van der Waals surface area contributed by atoms with E-state index in [-0.39, 0.29) is 17.8 Å². The summed E-state index contributed by atoms with van der Waals surface area (Å²) in [5, 5.41) is 0. The molecule has 0 aromatic heterocycles. The van der Waals surface area contributed by atoms with Crippen LogP contribution in [0.2, 0.25) is 0 Å². The van der Waals surface area contributed by atoms with Gasteiger partial charge in [0.15, 0.2) is 0 Å². The fourth-order valence-electron chi connectivity index (χ4n) is 2.66. The van der Waals surface area contributed by atoms with Crippen molar-refractivity contribution in [2.24, 2.45) is 5.92 Å². The summed E-state index contributed by atoms with van der Waals surface area (Å²) in [4.78, 5) is 0. The first-order chi connectivity index (χ1) is 9.72. The maximum atomic E-state index is 13.4. The Bertz CT molecular complexity index is 495. The summed E-state index contributed by atoms with van der Waals surface area (Å²) in [5.41, 5.74) is 0.713. The summed E-state index contributed by atoms with van der Waals surface area (Å²) < 4.78 is 19.4. The Kier molecular flexibility index (Phi) is 5.73. The van der Waals surface area contributed by atoms with Crippen molar-refractivity contribution in [3.05, 3.63) is 29.6 Å². The summed E-state index contributed by atoms with van der Waals surface area (Å²) in [6.07, 6.45) is 5.88. The molecule has 1 fully saturated rings. The third kappa shape index (κ3) is 4.15. The van der Waals surface area contributed by atoms with Gasteiger partial charge in [0.2, 0.25) is 0 Å². The van der Waals surface area contributed by atoms with Crippen LogP contribution in [-0.2, 0) is 0 Å². The highest BCUT2D eigenvalue weighted by Gasteiger charge is 2.22. The van der Waals surface area contributed by atoms with E-state index in [1.807, 2.05) is 0 Å². The van der Waals surface area contributed by atoms with Gasteiger partial charge in [0.1, 0.15) is 11.6 Å². The second kappa shape index (κ2) is 7.55. The average molecular weight is 295 g/mol. The molecule has 0 aliphatic heterocycles. The molecule has 0 atom stereocenters. The zero-order valence-electron chi connectivity index (χ0n) is 11.8. The fourth-order valence-corrected chi connectivity index (χ4v) is 2.73. The molecule has 1 aromatic carbocycles. The summed E-state index contributed by atoms with van der Waals surface area (Å²) >= 11 is 5.57. The van der Waals surface area contributed by atoms with Crippen LogP contribution in [-0.4, -0.2) is 12.0 Å². The van der Waals surface area contributed by atoms with Crippen LogP contribution in [0.3, 0.4) is 0 Å². The molecule has 20 heavy (non-hydrogen) atoms. The van der Waals surface area contributed by atoms with Gasteiger partial charge in [0, 0.05) is 6.07 Å². The quantitative estimate of drug-likeness (QED) is 0.577. The molecule has 0 saturated heterocycles. The van der Waals surface area contributed by atoms with E-state index in [1.54, 1.807) is 6.07 Å². The minimum atomic E-state index is -0.293. The average Bonchev–Trinajstić information content (AvgIpc) is 2.47. The second-order valence-corrected chi connectivity index (χ2v) is 5.51. The van der Waals surface area contributed by atoms with Crippen molar-refractivity contribution in [2.45, 2.75) is 45.1 Å². The first-order valence-corrected chi connectivity index (χ1v) is 7.77. The predicted molar refractivity (Wildman–Crippen MR) is 80.7 cm³/mol. The highest BCUT2D eigenvalue weighted by atomic mass is 35.5. The number of benzene rings is 1. The molecule has 1 saturated carbocycles. The van der Waals surface area contributed by atoms with E-state index in [0.717, 1.165) is 18.8 Å². The number of rotatable bonds is 3. The van der Waals surface area contributed by atoms with Gasteiger partial charge in [-0.05, 0) is 43.7 Å². The first-order valence-electron chi connectivity index (χ1n) is 7.24. The van der Waals surface area contributed by atoms with Gasteiger partial charge in [-0.25, -0.2) is 4.39 Å². The van der Waals surface area contributed by atoms with Gasteiger partial charge >= 0.3 is 0 Å². The third-order valence-corrected chi connectivity index (χ3v) is 4.03. The summed E-state index contributed by atoms with van der Waals surface area (Å²) in [6, 6.07) is 4.48. The Hall–Kier alpha value is -1.20. The first kappa shape index (κ1) is 15.2. The normalized spacial score (nSPS) is 21.9. The second-order valence-electron chi connectivity index (χ2n) is 5.24. The molecule has 1 aromatic rings. The molecule has 2 rings (SSSR count). The lowest BCUT2D eigenvalue weighted by atomic mass is 9.86. The van der Waals surface area contributed by atoms with E-state index in [4.69, 9.17) is 16.3 Å². The number of hydrogen-bond acceptors (Lipinski definition) is 1. The van der Waals surface area contributed by atoms with E-state index in [1.165, 1.54) is 31.4 Å². The van der Waals surface area contributed by atoms with Crippen LogP contribution in [0.5, 0.6) is 5.75 Å². The molecule has 0 amide bonds. The molecule has 0 radical (unpaired) electrons. The van der Waals surface area contributed by atoms with E-state index in [2.05, 4.69) is 18.8 Å². The van der Waals surface area contributed by atoms with E-state index in [0.29, 0.717) is 11.3 Å². The summed E-state index contributed by atoms with van der Waals surface area (Å²) in [5.74, 6) is 7.05. The molecule has 0 unspecified atom stereocenters. The molecular formula is C17H20ClFO. The van der Waals surface area contributed by atoms with Crippen molar-refractivity contribution < 1.29 is 9.13 Å². The third-order valence-electron chi connectivity index (χ3n) is 3.90. The maximum absolute atomic E-state index is 13.4. The van der Waals surface area contributed by atoms with Crippen LogP contribution in [0.25, 0.3) is 0 Å².